The van der Waals surface area contributed by atoms with Crippen LogP contribution in [0.4, 0.5) is 0 Å². The van der Waals surface area contributed by atoms with Crippen molar-refractivity contribution >= 4 is 11.6 Å². The molecule has 1 aliphatic heterocycles. The van der Waals surface area contributed by atoms with Crippen LogP contribution < -0.4 is 11.2 Å². The van der Waals surface area contributed by atoms with E-state index in [2.05, 4.69) is 16.8 Å². The number of halogens is 1. The van der Waals surface area contributed by atoms with Gasteiger partial charge < -0.3 is 4.90 Å². The zero-order chi connectivity index (χ0) is 13.1. The second-order valence-corrected chi connectivity index (χ2v) is 5.11. The molecule has 100 valence electrons. The third kappa shape index (κ3) is 2.84. The molecule has 2 rings (SSSR count). The molecule has 0 saturated carbocycles. The van der Waals surface area contributed by atoms with E-state index in [9.17, 15) is 9.59 Å². The Labute approximate surface area is 110 Å². The number of piperidine rings is 1. The molecule has 1 fully saturated rings. The van der Waals surface area contributed by atoms with E-state index >= 15 is 0 Å². The van der Waals surface area contributed by atoms with Gasteiger partial charge in [0.15, 0.2) is 0 Å². The maximum absolute atomic E-state index is 11.8. The fourth-order valence-electron chi connectivity index (χ4n) is 2.54. The normalized spacial score (nSPS) is 18.1. The first-order valence-corrected chi connectivity index (χ1v) is 6.73. The van der Waals surface area contributed by atoms with E-state index in [1.807, 2.05) is 0 Å². The monoisotopic (exact) mass is 271 g/mol. The SMILES string of the molecule is CCCN1CCC(n2c(=O)cc(Cl)[nH]c2=O)CC1. The van der Waals surface area contributed by atoms with E-state index in [0.717, 1.165) is 38.9 Å². The summed E-state index contributed by atoms with van der Waals surface area (Å²) in [6.07, 6.45) is 2.81. The number of aromatic nitrogens is 2. The van der Waals surface area contributed by atoms with Crippen LogP contribution >= 0.6 is 11.6 Å². The van der Waals surface area contributed by atoms with Crippen LogP contribution in [0.2, 0.25) is 5.15 Å². The maximum atomic E-state index is 11.8. The molecule has 1 aromatic rings. The Bertz CT molecular complexity index is 484. The van der Waals surface area contributed by atoms with Gasteiger partial charge in [-0.15, -0.1) is 0 Å². The number of likely N-dealkylation sites (tertiary alicyclic amines) is 1. The molecule has 18 heavy (non-hydrogen) atoms. The predicted molar refractivity (Wildman–Crippen MR) is 71.3 cm³/mol. The van der Waals surface area contributed by atoms with Gasteiger partial charge in [0.2, 0.25) is 0 Å². The lowest BCUT2D eigenvalue weighted by molar-refractivity contribution is 0.182. The Morgan fingerprint density at radius 3 is 2.61 bits per heavy atom. The van der Waals surface area contributed by atoms with Crippen molar-refractivity contribution in [2.24, 2.45) is 0 Å². The van der Waals surface area contributed by atoms with Crippen LogP contribution in [0.5, 0.6) is 0 Å². The molecule has 0 aliphatic carbocycles. The third-order valence-electron chi connectivity index (χ3n) is 3.39. The molecular weight excluding hydrogens is 254 g/mol. The molecule has 6 heteroatoms. The van der Waals surface area contributed by atoms with Gasteiger partial charge in [-0.1, -0.05) is 18.5 Å². The highest BCUT2D eigenvalue weighted by Gasteiger charge is 2.22. The molecule has 5 nitrogen and oxygen atoms in total. The predicted octanol–water partition coefficient (Wildman–Crippen LogP) is 1.24. The summed E-state index contributed by atoms with van der Waals surface area (Å²) in [5, 5.41) is 0.102. The lowest BCUT2D eigenvalue weighted by atomic mass is 10.0. The minimum absolute atomic E-state index is 0.00776. The van der Waals surface area contributed by atoms with E-state index in [0.29, 0.717) is 0 Å². The molecule has 0 aromatic carbocycles. The number of rotatable bonds is 3. The smallest absolute Gasteiger partial charge is 0.303 e. The topological polar surface area (TPSA) is 58.1 Å². The summed E-state index contributed by atoms with van der Waals surface area (Å²) in [4.78, 5) is 28.4. The van der Waals surface area contributed by atoms with Crippen LogP contribution in [0, 0.1) is 0 Å². The van der Waals surface area contributed by atoms with E-state index in [-0.39, 0.29) is 16.8 Å². The Balaban J connectivity index is 2.15. The molecule has 2 heterocycles. The lowest BCUT2D eigenvalue weighted by Gasteiger charge is -2.32. The summed E-state index contributed by atoms with van der Waals surface area (Å²) in [6, 6.07) is 1.26. The van der Waals surface area contributed by atoms with Gasteiger partial charge in [-0.3, -0.25) is 14.3 Å². The van der Waals surface area contributed by atoms with Gasteiger partial charge in [-0.2, -0.15) is 0 Å². The minimum atomic E-state index is -0.401. The van der Waals surface area contributed by atoms with E-state index in [1.165, 1.54) is 10.6 Å². The third-order valence-corrected chi connectivity index (χ3v) is 3.60. The molecule has 0 bridgehead atoms. The standard InChI is InChI=1S/C12H18ClN3O2/c1-2-5-15-6-3-9(4-7-15)16-11(17)8-10(13)14-12(16)18/h8-9H,2-7H2,1H3,(H,14,18). The summed E-state index contributed by atoms with van der Waals surface area (Å²) in [7, 11) is 0. The average molecular weight is 272 g/mol. The summed E-state index contributed by atoms with van der Waals surface area (Å²) < 4.78 is 1.30. The average Bonchev–Trinajstić information content (AvgIpc) is 2.30. The Kier molecular flexibility index (Phi) is 4.24. The maximum Gasteiger partial charge on any atom is 0.329 e. The first-order chi connectivity index (χ1) is 8.61. The molecule has 1 aromatic heterocycles. The largest absolute Gasteiger partial charge is 0.329 e. The fourth-order valence-corrected chi connectivity index (χ4v) is 2.71. The Hall–Kier alpha value is -1.07. The summed E-state index contributed by atoms with van der Waals surface area (Å²) in [5.74, 6) is 0. The van der Waals surface area contributed by atoms with Gasteiger partial charge >= 0.3 is 5.69 Å². The lowest BCUT2D eigenvalue weighted by Crippen LogP contribution is -2.43. The second kappa shape index (κ2) is 5.71. The highest BCUT2D eigenvalue weighted by atomic mass is 35.5. The second-order valence-electron chi connectivity index (χ2n) is 4.70. The fraction of sp³-hybridized carbons (Fsp3) is 0.667. The number of nitrogens with zero attached hydrogens (tertiary/aromatic N) is 2. The van der Waals surface area contributed by atoms with Crippen LogP contribution in [0.25, 0.3) is 0 Å². The van der Waals surface area contributed by atoms with Crippen LogP contribution in [0.15, 0.2) is 15.7 Å². The van der Waals surface area contributed by atoms with Crippen LogP contribution in [-0.4, -0.2) is 34.1 Å². The summed E-state index contributed by atoms with van der Waals surface area (Å²) >= 11 is 5.65. The van der Waals surface area contributed by atoms with Gasteiger partial charge in [-0.25, -0.2) is 4.79 Å². The van der Waals surface area contributed by atoms with Crippen LogP contribution in [-0.2, 0) is 0 Å². The van der Waals surface area contributed by atoms with E-state index in [4.69, 9.17) is 11.6 Å². The summed E-state index contributed by atoms with van der Waals surface area (Å²) in [6.45, 7) is 5.11. The van der Waals surface area contributed by atoms with Crippen molar-refractivity contribution in [3.05, 3.63) is 32.1 Å². The number of aromatic amines is 1. The van der Waals surface area contributed by atoms with Crippen molar-refractivity contribution in [2.45, 2.75) is 32.2 Å². The van der Waals surface area contributed by atoms with Gasteiger partial charge in [0, 0.05) is 25.2 Å². The molecular formula is C12H18ClN3O2. The van der Waals surface area contributed by atoms with Crippen molar-refractivity contribution in [3.8, 4) is 0 Å². The minimum Gasteiger partial charge on any atom is -0.303 e. The Morgan fingerprint density at radius 2 is 2.06 bits per heavy atom. The van der Waals surface area contributed by atoms with Crippen LogP contribution in [0.3, 0.4) is 0 Å². The molecule has 0 unspecified atom stereocenters. The molecule has 0 radical (unpaired) electrons. The number of hydrogen-bond donors (Lipinski definition) is 1. The quantitative estimate of drug-likeness (QED) is 0.842. The molecule has 0 spiro atoms. The van der Waals surface area contributed by atoms with Gasteiger partial charge in [0.25, 0.3) is 5.56 Å². The first-order valence-electron chi connectivity index (χ1n) is 6.35. The van der Waals surface area contributed by atoms with Crippen molar-refractivity contribution < 1.29 is 0 Å². The van der Waals surface area contributed by atoms with Gasteiger partial charge in [0.05, 0.1) is 0 Å². The van der Waals surface area contributed by atoms with Gasteiger partial charge in [0.1, 0.15) is 5.15 Å². The van der Waals surface area contributed by atoms with Crippen LogP contribution in [0.1, 0.15) is 32.2 Å². The van der Waals surface area contributed by atoms with E-state index in [1.54, 1.807) is 0 Å². The summed E-state index contributed by atoms with van der Waals surface area (Å²) in [5.41, 5.74) is -0.709. The Morgan fingerprint density at radius 1 is 1.39 bits per heavy atom. The van der Waals surface area contributed by atoms with E-state index < -0.39 is 5.69 Å². The number of H-pyrrole nitrogens is 1. The first kappa shape index (κ1) is 13.4. The zero-order valence-corrected chi connectivity index (χ0v) is 11.2. The number of hydrogen-bond acceptors (Lipinski definition) is 3. The van der Waals surface area contributed by atoms with Crippen molar-refractivity contribution in [3.63, 3.8) is 0 Å². The molecule has 1 aliphatic rings. The van der Waals surface area contributed by atoms with Crippen molar-refractivity contribution in [2.75, 3.05) is 19.6 Å². The molecule has 0 amide bonds. The molecule has 0 atom stereocenters. The van der Waals surface area contributed by atoms with Crippen molar-refractivity contribution in [1.82, 2.24) is 14.5 Å². The molecule has 1 saturated heterocycles. The zero-order valence-electron chi connectivity index (χ0n) is 10.5. The van der Waals surface area contributed by atoms with Crippen molar-refractivity contribution in [1.29, 1.82) is 0 Å². The highest BCUT2D eigenvalue weighted by Crippen LogP contribution is 2.19. The van der Waals surface area contributed by atoms with Gasteiger partial charge in [-0.05, 0) is 25.8 Å². The number of nitrogens with one attached hydrogen (secondary N) is 1. The molecule has 1 N–H and O–H groups in total. The highest BCUT2D eigenvalue weighted by molar-refractivity contribution is 6.29.